The maximum Gasteiger partial charge on any atom is 0.143 e. The molecule has 0 fully saturated rings. The minimum Gasteiger partial charge on any atom is -0.456 e. The van der Waals surface area contributed by atoms with Crippen LogP contribution >= 0.6 is 45.3 Å². The lowest BCUT2D eigenvalue weighted by molar-refractivity contribution is 0.661. The van der Waals surface area contributed by atoms with Gasteiger partial charge in [-0.05, 0) is 249 Å². The van der Waals surface area contributed by atoms with Crippen molar-refractivity contribution in [3.8, 4) is 33.4 Å². The molecule has 0 amide bonds. The lowest BCUT2D eigenvalue weighted by Crippen LogP contribution is -2.49. The Bertz CT molecular complexity index is 10700. The van der Waals surface area contributed by atoms with E-state index in [2.05, 4.69) is 405 Å². The molecule has 0 saturated heterocycles. The van der Waals surface area contributed by atoms with Crippen LogP contribution in [0.1, 0.15) is 49.9 Å². The van der Waals surface area contributed by atoms with Gasteiger partial charge in [-0.2, -0.15) is 0 Å². The number of para-hydroxylation sites is 5. The predicted octanol–water partition coefficient (Wildman–Crippen LogP) is 41.4. The molecule has 0 bridgehead atoms. The van der Waals surface area contributed by atoms with Crippen LogP contribution in [-0.2, 0) is 10.8 Å². The van der Waals surface area contributed by atoms with E-state index in [4.69, 9.17) is 22.1 Å². The number of hydrogen-bond donors (Lipinski definition) is 0. The van der Waals surface area contributed by atoms with E-state index in [-0.39, 0.29) is 10.8 Å². The molecule has 0 saturated carbocycles. The van der Waals surface area contributed by atoms with Crippen molar-refractivity contribution in [1.82, 2.24) is 0 Å². The number of fused-ring (bicyclic) bond motifs is 48. The summed E-state index contributed by atoms with van der Waals surface area (Å²) < 4.78 is 41.6. The van der Waals surface area contributed by atoms with Gasteiger partial charge in [-0.15, -0.1) is 45.3 Å². The molecular weight excluding hydrogens is 1920 g/mol. The molecule has 0 spiro atoms. The number of benzene rings is 24. The second kappa shape index (κ2) is 33.0. The van der Waals surface area contributed by atoms with Gasteiger partial charge < -0.3 is 22.1 Å². The molecule has 2 aliphatic carbocycles. The Morgan fingerprint density at radius 2 is 0.473 bits per heavy atom. The van der Waals surface area contributed by atoms with Crippen LogP contribution in [0.25, 0.3) is 288 Å². The van der Waals surface area contributed by atoms with E-state index in [1.54, 1.807) is 10.4 Å². The molecule has 10 heteroatoms. The summed E-state index contributed by atoms with van der Waals surface area (Å²) in [6.45, 7) is 14.4. The number of furan rings is 5. The minimum absolute atomic E-state index is 0.0307. The van der Waals surface area contributed by atoms with Crippen molar-refractivity contribution in [2.75, 3.05) is 0 Å². The van der Waals surface area contributed by atoms with Crippen molar-refractivity contribution >= 4 is 319 Å². The highest BCUT2D eigenvalue weighted by Crippen LogP contribution is 2.55. The smallest absolute Gasteiger partial charge is 0.143 e. The van der Waals surface area contributed by atoms with E-state index < -0.39 is 8.07 Å². The largest absolute Gasteiger partial charge is 0.456 e. The molecule has 0 atom stereocenters. The summed E-state index contributed by atoms with van der Waals surface area (Å²) in [4.78, 5) is 0. The Labute approximate surface area is 877 Å². The first-order valence-corrected chi connectivity index (χ1v) is 57.8. The highest BCUT2D eigenvalue weighted by molar-refractivity contribution is 7.28. The summed E-state index contributed by atoms with van der Waals surface area (Å²) in [6.07, 6.45) is 0. The zero-order valence-electron chi connectivity index (χ0n) is 82.7. The molecule has 0 radical (unpaired) electrons. The number of rotatable bonds is 0. The maximum atomic E-state index is 6.27. The van der Waals surface area contributed by atoms with Gasteiger partial charge in [-0.3, -0.25) is 0 Å². The van der Waals surface area contributed by atoms with Crippen molar-refractivity contribution in [2.24, 2.45) is 0 Å². The van der Waals surface area contributed by atoms with Crippen LogP contribution in [0, 0.1) is 0 Å². The normalized spacial score (nSPS) is 13.6. The summed E-state index contributed by atoms with van der Waals surface area (Å²) in [5.41, 5.74) is 23.8. The molecule has 0 N–H and O–H groups in total. The van der Waals surface area contributed by atoms with Crippen molar-refractivity contribution < 1.29 is 22.1 Å². The molecule has 5 nitrogen and oxygen atoms in total. The van der Waals surface area contributed by atoms with Gasteiger partial charge in [0.15, 0.2) is 0 Å². The molecule has 1 aliphatic heterocycles. The molecule has 24 aromatic carbocycles. The molecule has 3 aliphatic rings. The fourth-order valence-electron chi connectivity index (χ4n) is 25.3. The van der Waals surface area contributed by atoms with E-state index in [9.17, 15) is 0 Å². The third-order valence-corrected chi connectivity index (χ3v) is 41.0. The maximum absolute atomic E-state index is 6.27. The number of thiophene rings is 4. The molecule has 33 aromatic rings. The lowest BCUT2D eigenvalue weighted by Gasteiger charge is -2.22. The second-order valence-corrected chi connectivity index (χ2v) is 50.7. The van der Waals surface area contributed by atoms with E-state index in [1.807, 2.05) is 118 Å². The fraction of sp³-hybridized carbons (Fsp3) is 0.0571. The summed E-state index contributed by atoms with van der Waals surface area (Å²) in [5, 5.41) is 40.9. The molecular formula is C140H90O5S4Si. The first kappa shape index (κ1) is 87.2. The van der Waals surface area contributed by atoms with Crippen LogP contribution in [-0.4, -0.2) is 8.07 Å². The molecule has 36 rings (SSSR count). The van der Waals surface area contributed by atoms with Gasteiger partial charge >= 0.3 is 0 Å². The highest BCUT2D eigenvalue weighted by atomic mass is 32.1. The monoisotopic (exact) mass is 2010 g/mol. The Balaban J connectivity index is 0.0000000811. The number of hydrogen-bond acceptors (Lipinski definition) is 9. The van der Waals surface area contributed by atoms with E-state index in [0.29, 0.717) is 0 Å². The quantitative estimate of drug-likeness (QED) is 0.142. The molecule has 9 aromatic heterocycles. The van der Waals surface area contributed by atoms with Crippen molar-refractivity contribution in [3.63, 3.8) is 0 Å². The van der Waals surface area contributed by atoms with E-state index in [0.717, 1.165) is 88.1 Å². The van der Waals surface area contributed by atoms with Crippen LogP contribution < -0.4 is 10.4 Å². The lowest BCUT2D eigenvalue weighted by atomic mass is 9.81. The minimum atomic E-state index is -1.62. The van der Waals surface area contributed by atoms with Crippen molar-refractivity contribution in [1.29, 1.82) is 0 Å². The third-order valence-electron chi connectivity index (χ3n) is 32.8. The fourth-order valence-corrected chi connectivity index (χ4v) is 33.1. The van der Waals surface area contributed by atoms with Crippen LogP contribution in [0.2, 0.25) is 13.1 Å². The first-order valence-electron chi connectivity index (χ1n) is 51.5. The summed E-state index contributed by atoms with van der Waals surface area (Å²) in [7, 11) is -1.62. The summed E-state index contributed by atoms with van der Waals surface area (Å²) in [5.74, 6) is 0. The molecule has 708 valence electrons. The highest BCUT2D eigenvalue weighted by Gasteiger charge is 2.41. The van der Waals surface area contributed by atoms with Crippen molar-refractivity contribution in [3.05, 3.63) is 459 Å². The van der Waals surface area contributed by atoms with Crippen LogP contribution in [0.15, 0.2) is 459 Å². The Morgan fingerprint density at radius 1 is 0.173 bits per heavy atom. The zero-order chi connectivity index (χ0) is 99.4. The topological polar surface area (TPSA) is 65.7 Å². The van der Waals surface area contributed by atoms with E-state index in [1.165, 1.54) is 223 Å². The molecule has 0 unspecified atom stereocenters. The van der Waals surface area contributed by atoms with Crippen LogP contribution in [0.4, 0.5) is 0 Å². The average Bonchev–Trinajstić information content (AvgIpc) is 1.56. The Hall–Kier alpha value is -17.1. The second-order valence-electron chi connectivity index (χ2n) is 42.1. The van der Waals surface area contributed by atoms with Gasteiger partial charge in [-0.25, -0.2) is 0 Å². The SMILES string of the molecule is CC1(C)c2ccccc2-c2cc3c(ccc4c5ccccc5oc34)cc21.CC1(C)c2ccccc2-c2cc3c4c(ccc3cc21)[Si](C)(C)c1ccccc1-4.c1ccc2c(c1)oc1c3cc4c(cc3ccc21)sc1ccccc14.c1ccc2c(c1)oc1cc3ccc4c5ccccc5oc4c3cc12.c1ccc2c(c1)oc1cc3ccc4c5ccccc5sc4c3cc12.c1ccc2c(c1)sc1cc3ccc4c5ccccc5sc4c3cc12. The van der Waals surface area contributed by atoms with Crippen LogP contribution in [0.5, 0.6) is 0 Å². The first-order chi connectivity index (χ1) is 73.6. The zero-order valence-corrected chi connectivity index (χ0v) is 87.0. The summed E-state index contributed by atoms with van der Waals surface area (Å²) in [6, 6.07) is 157. The predicted molar refractivity (Wildman–Crippen MR) is 649 cm³/mol. The van der Waals surface area contributed by atoms with Gasteiger partial charge in [0, 0.05) is 172 Å². The summed E-state index contributed by atoms with van der Waals surface area (Å²) >= 11 is 7.53. The van der Waals surface area contributed by atoms with Gasteiger partial charge in [0.1, 0.15) is 63.9 Å². The Morgan fingerprint density at radius 3 is 0.927 bits per heavy atom. The molecule has 10 heterocycles. The van der Waals surface area contributed by atoms with Gasteiger partial charge in [0.25, 0.3) is 0 Å². The standard InChI is InChI=1S/C27H24Si.C25H18O.C22H12O2.2C22H12OS.C22H12S2/c1-27(2)22-11-7-5-9-18(22)21-16-20-17(15-23(21)27)13-14-25-26(20)19-10-6-8-12-24(19)28(25,3)4;1-25(2)21-9-5-3-7-16(21)20-14-19-15(13-22(20)25)11-12-18-17-8-4-6-10-23(17)26-24(18)19;1-4-8-20-14(5-1)16-10-9-13-11-21-18(12-17(13)22(16)24-20)15-6-2-3-7-19(15)23-21;1-3-7-19-14(5-1)18-12-17-13(11-20(18)23-19)9-10-16-15-6-2-4-8-21(15)24-22(16)17;1-3-7-19-14(5-1)16-10-9-13-11-21-18(12-17(13)22(16)23-19)15-6-2-4-8-20(15)24-21;1-4-8-20-14(5-1)16-10-9-13-11-21-18(12-17(13)22(16)24-20)15-6-2-3-7-19(15)23-21/h5-16H,1-4H3;3-14H,1-2H3;4*1-12H. The van der Waals surface area contributed by atoms with E-state index >= 15 is 0 Å². The van der Waals surface area contributed by atoms with Crippen molar-refractivity contribution in [2.45, 2.75) is 51.6 Å². The van der Waals surface area contributed by atoms with Gasteiger partial charge in [0.2, 0.25) is 0 Å². The Kier molecular flexibility index (Phi) is 19.2. The van der Waals surface area contributed by atoms with Gasteiger partial charge in [-0.1, -0.05) is 332 Å². The average molecular weight is 2010 g/mol. The van der Waals surface area contributed by atoms with Crippen LogP contribution in [0.3, 0.4) is 0 Å². The van der Waals surface area contributed by atoms with Gasteiger partial charge in [0.05, 0.1) is 0 Å². The third kappa shape index (κ3) is 13.2. The molecule has 150 heavy (non-hydrogen) atoms.